The van der Waals surface area contributed by atoms with Crippen LogP contribution >= 0.6 is 0 Å². The number of aryl methyl sites for hydroxylation is 2. The molecule has 0 heterocycles. The van der Waals surface area contributed by atoms with E-state index in [4.69, 9.17) is 5.11 Å². The van der Waals surface area contributed by atoms with Gasteiger partial charge in [-0.3, -0.25) is 0 Å². The molecule has 0 aliphatic heterocycles. The maximum atomic E-state index is 8.85. The number of hydrogen-bond acceptors (Lipinski definition) is 1. The molecule has 0 unspecified atom stereocenters. The molecule has 2 aromatic rings. The van der Waals surface area contributed by atoms with E-state index in [1.54, 1.807) is 0 Å². The summed E-state index contributed by atoms with van der Waals surface area (Å²) in [5.74, 6) is 0. The van der Waals surface area contributed by atoms with Crippen molar-refractivity contribution in [2.45, 2.75) is 39.0 Å². The molecule has 1 heteroatoms. The minimum Gasteiger partial charge on any atom is -0.396 e. The molecule has 0 saturated heterocycles. The van der Waals surface area contributed by atoms with Crippen molar-refractivity contribution in [1.29, 1.82) is 0 Å². The quantitative estimate of drug-likeness (QED) is 0.776. The van der Waals surface area contributed by atoms with Crippen molar-refractivity contribution in [3.63, 3.8) is 0 Å². The summed E-state index contributed by atoms with van der Waals surface area (Å²) < 4.78 is 0. The Kier molecular flexibility index (Phi) is 5.82. The lowest BCUT2D eigenvalue weighted by atomic mass is 10.00. The monoisotopic (exact) mass is 268 g/mol. The summed E-state index contributed by atoms with van der Waals surface area (Å²) in [6.07, 6.45) is 5.48. The lowest BCUT2D eigenvalue weighted by Crippen LogP contribution is -1.89. The molecule has 1 nitrogen and oxygen atoms in total. The third-order valence-corrected chi connectivity index (χ3v) is 3.68. The Bertz CT molecular complexity index is 447. The molecule has 0 bridgehead atoms. The number of aliphatic hydroxyl groups is 1. The predicted octanol–water partition coefficient (Wildman–Crippen LogP) is 4.62. The van der Waals surface area contributed by atoms with E-state index in [9.17, 15) is 0 Å². The molecule has 0 aliphatic carbocycles. The van der Waals surface area contributed by atoms with Crippen LogP contribution in [0.25, 0.3) is 11.1 Å². The zero-order valence-corrected chi connectivity index (χ0v) is 12.3. The molecule has 106 valence electrons. The summed E-state index contributed by atoms with van der Waals surface area (Å²) >= 11 is 0. The summed E-state index contributed by atoms with van der Waals surface area (Å²) in [5, 5.41) is 8.85. The van der Waals surface area contributed by atoms with Crippen LogP contribution in [-0.4, -0.2) is 11.7 Å². The summed E-state index contributed by atoms with van der Waals surface area (Å²) in [6.45, 7) is 2.49. The third kappa shape index (κ3) is 4.21. The van der Waals surface area contributed by atoms with Gasteiger partial charge in [-0.2, -0.15) is 0 Å². The van der Waals surface area contributed by atoms with Crippen LogP contribution in [0.2, 0.25) is 0 Å². The SMILES string of the molecule is CCCCc1ccc(-c2ccc(CCCO)cc2)cc1. The van der Waals surface area contributed by atoms with Crippen molar-refractivity contribution in [3.8, 4) is 11.1 Å². The topological polar surface area (TPSA) is 20.2 Å². The zero-order valence-electron chi connectivity index (χ0n) is 12.3. The fourth-order valence-electron chi connectivity index (χ4n) is 2.39. The second-order valence-electron chi connectivity index (χ2n) is 5.32. The highest BCUT2D eigenvalue weighted by molar-refractivity contribution is 5.63. The van der Waals surface area contributed by atoms with Gasteiger partial charge in [-0.1, -0.05) is 61.9 Å². The van der Waals surface area contributed by atoms with Gasteiger partial charge in [0.25, 0.3) is 0 Å². The highest BCUT2D eigenvalue weighted by Crippen LogP contribution is 2.21. The summed E-state index contributed by atoms with van der Waals surface area (Å²) in [4.78, 5) is 0. The van der Waals surface area contributed by atoms with Gasteiger partial charge in [0.2, 0.25) is 0 Å². The number of unbranched alkanes of at least 4 members (excludes halogenated alkanes) is 1. The van der Waals surface area contributed by atoms with Crippen molar-refractivity contribution in [2.75, 3.05) is 6.61 Å². The maximum Gasteiger partial charge on any atom is 0.0434 e. The Labute approximate surface area is 122 Å². The first-order valence-corrected chi connectivity index (χ1v) is 7.62. The van der Waals surface area contributed by atoms with Crippen LogP contribution in [0, 0.1) is 0 Å². The van der Waals surface area contributed by atoms with E-state index in [2.05, 4.69) is 55.5 Å². The molecule has 0 aliphatic rings. The first-order chi connectivity index (χ1) is 9.83. The van der Waals surface area contributed by atoms with Gasteiger partial charge >= 0.3 is 0 Å². The average Bonchev–Trinajstić information content (AvgIpc) is 2.52. The normalized spacial score (nSPS) is 10.7. The molecule has 0 saturated carbocycles. The Morgan fingerprint density at radius 1 is 0.700 bits per heavy atom. The van der Waals surface area contributed by atoms with Gasteiger partial charge in [0.15, 0.2) is 0 Å². The minimum absolute atomic E-state index is 0.265. The van der Waals surface area contributed by atoms with Crippen molar-refractivity contribution in [2.24, 2.45) is 0 Å². The third-order valence-electron chi connectivity index (χ3n) is 3.68. The lowest BCUT2D eigenvalue weighted by Gasteiger charge is -2.06. The first kappa shape index (κ1) is 14.8. The van der Waals surface area contributed by atoms with E-state index in [1.165, 1.54) is 41.5 Å². The summed E-state index contributed by atoms with van der Waals surface area (Å²) in [5.41, 5.74) is 5.26. The smallest absolute Gasteiger partial charge is 0.0434 e. The molecule has 2 aromatic carbocycles. The summed E-state index contributed by atoms with van der Waals surface area (Å²) in [6, 6.07) is 17.6. The van der Waals surface area contributed by atoms with Gasteiger partial charge in [0.05, 0.1) is 0 Å². The summed E-state index contributed by atoms with van der Waals surface area (Å²) in [7, 11) is 0. The van der Waals surface area contributed by atoms with E-state index in [0.29, 0.717) is 0 Å². The molecule has 0 radical (unpaired) electrons. The average molecular weight is 268 g/mol. The molecule has 20 heavy (non-hydrogen) atoms. The lowest BCUT2D eigenvalue weighted by molar-refractivity contribution is 0.288. The Morgan fingerprint density at radius 2 is 1.15 bits per heavy atom. The Balaban J connectivity index is 2.03. The molecule has 1 N–H and O–H groups in total. The minimum atomic E-state index is 0.265. The largest absolute Gasteiger partial charge is 0.396 e. The molecular weight excluding hydrogens is 244 g/mol. The van der Waals surface area contributed by atoms with E-state index in [-0.39, 0.29) is 6.61 Å². The van der Waals surface area contributed by atoms with Crippen molar-refractivity contribution >= 4 is 0 Å². The van der Waals surface area contributed by atoms with E-state index >= 15 is 0 Å². The van der Waals surface area contributed by atoms with Gasteiger partial charge < -0.3 is 5.11 Å². The van der Waals surface area contributed by atoms with E-state index in [1.807, 2.05) is 0 Å². The highest BCUT2D eigenvalue weighted by Gasteiger charge is 1.99. The van der Waals surface area contributed by atoms with Crippen LogP contribution in [0.1, 0.15) is 37.3 Å². The molecule has 2 rings (SSSR count). The Hall–Kier alpha value is -1.60. The number of aliphatic hydroxyl groups excluding tert-OH is 1. The van der Waals surface area contributed by atoms with E-state index < -0.39 is 0 Å². The van der Waals surface area contributed by atoms with Crippen LogP contribution in [0.15, 0.2) is 48.5 Å². The van der Waals surface area contributed by atoms with Gasteiger partial charge in [-0.15, -0.1) is 0 Å². The van der Waals surface area contributed by atoms with Crippen LogP contribution in [0.4, 0.5) is 0 Å². The highest BCUT2D eigenvalue weighted by atomic mass is 16.2. The molecule has 0 atom stereocenters. The second-order valence-corrected chi connectivity index (χ2v) is 5.32. The second kappa shape index (κ2) is 7.86. The number of benzene rings is 2. The fraction of sp³-hybridized carbons (Fsp3) is 0.368. The van der Waals surface area contributed by atoms with Crippen LogP contribution in [-0.2, 0) is 12.8 Å². The van der Waals surface area contributed by atoms with Gasteiger partial charge in [-0.05, 0) is 47.9 Å². The van der Waals surface area contributed by atoms with Crippen molar-refractivity contribution < 1.29 is 5.11 Å². The maximum absolute atomic E-state index is 8.85. The fourth-order valence-corrected chi connectivity index (χ4v) is 2.39. The van der Waals surface area contributed by atoms with Crippen LogP contribution < -0.4 is 0 Å². The predicted molar refractivity (Wildman–Crippen MR) is 85.9 cm³/mol. The molecule has 0 amide bonds. The molecular formula is C19H24O. The van der Waals surface area contributed by atoms with Crippen LogP contribution in [0.3, 0.4) is 0 Å². The molecule has 0 fully saturated rings. The van der Waals surface area contributed by atoms with Crippen molar-refractivity contribution in [1.82, 2.24) is 0 Å². The Morgan fingerprint density at radius 3 is 1.55 bits per heavy atom. The molecule has 0 spiro atoms. The van der Waals surface area contributed by atoms with Gasteiger partial charge in [0, 0.05) is 6.61 Å². The number of rotatable bonds is 7. The number of hydrogen-bond donors (Lipinski definition) is 1. The molecule has 0 aromatic heterocycles. The van der Waals surface area contributed by atoms with Gasteiger partial charge in [0.1, 0.15) is 0 Å². The van der Waals surface area contributed by atoms with Gasteiger partial charge in [-0.25, -0.2) is 0 Å². The van der Waals surface area contributed by atoms with Crippen molar-refractivity contribution in [3.05, 3.63) is 59.7 Å². The van der Waals surface area contributed by atoms with E-state index in [0.717, 1.165) is 12.8 Å². The first-order valence-electron chi connectivity index (χ1n) is 7.62. The standard InChI is InChI=1S/C19H24O/c1-2-3-5-16-7-11-18(12-8-16)19-13-9-17(10-14-19)6-4-15-20/h7-14,20H,2-6,15H2,1H3. The van der Waals surface area contributed by atoms with Crippen LogP contribution in [0.5, 0.6) is 0 Å². The zero-order chi connectivity index (χ0) is 14.2.